The number of hydrogen-bond acceptors (Lipinski definition) is 2. The van der Waals surface area contributed by atoms with Crippen molar-refractivity contribution < 1.29 is 4.74 Å². The summed E-state index contributed by atoms with van der Waals surface area (Å²) in [7, 11) is 1.88. The Morgan fingerprint density at radius 2 is 1.96 bits per heavy atom. The lowest BCUT2D eigenvalue weighted by molar-refractivity contribution is 0.122. The van der Waals surface area contributed by atoms with Crippen molar-refractivity contribution in [2.24, 2.45) is 10.9 Å². The van der Waals surface area contributed by atoms with Crippen LogP contribution in [0.25, 0.3) is 6.08 Å². The molecule has 0 spiro atoms. The first kappa shape index (κ1) is 21.2. The molecule has 1 aromatic rings. The van der Waals surface area contributed by atoms with E-state index in [2.05, 4.69) is 51.6 Å². The van der Waals surface area contributed by atoms with Crippen LogP contribution in [0.1, 0.15) is 37.7 Å². The molecule has 1 aliphatic carbocycles. The van der Waals surface area contributed by atoms with E-state index in [4.69, 9.17) is 4.74 Å². The maximum absolute atomic E-state index is 5.69. The van der Waals surface area contributed by atoms with Gasteiger partial charge < -0.3 is 15.0 Å². The van der Waals surface area contributed by atoms with E-state index in [0.29, 0.717) is 0 Å². The van der Waals surface area contributed by atoms with E-state index < -0.39 is 0 Å². The smallest absolute Gasteiger partial charge is 0.193 e. The highest BCUT2D eigenvalue weighted by Gasteiger charge is 2.21. The zero-order valence-electron chi connectivity index (χ0n) is 15.8. The Bertz CT molecular complexity index is 574. The Balaban J connectivity index is 0.00000243. The number of guanidine groups is 1. The van der Waals surface area contributed by atoms with Gasteiger partial charge in [0.05, 0.1) is 0 Å². The number of aliphatic imine (C=N–C) groups is 1. The van der Waals surface area contributed by atoms with Gasteiger partial charge in [0.25, 0.3) is 0 Å². The zero-order valence-corrected chi connectivity index (χ0v) is 18.2. The molecule has 0 unspecified atom stereocenters. The zero-order chi connectivity index (χ0) is 17.3. The van der Waals surface area contributed by atoms with Crippen molar-refractivity contribution in [3.05, 3.63) is 41.5 Å². The number of likely N-dealkylation sites (tertiary alicyclic amines) is 1. The summed E-state index contributed by atoms with van der Waals surface area (Å²) in [6.07, 6.45) is 8.32. The van der Waals surface area contributed by atoms with Gasteiger partial charge in [-0.25, -0.2) is 0 Å². The van der Waals surface area contributed by atoms with Crippen LogP contribution in [0.15, 0.2) is 40.9 Å². The molecular formula is C21H32IN3O. The van der Waals surface area contributed by atoms with Crippen LogP contribution in [0.2, 0.25) is 0 Å². The number of nitrogens with zero attached hydrogens (tertiary/aromatic N) is 2. The second kappa shape index (κ2) is 11.6. The summed E-state index contributed by atoms with van der Waals surface area (Å²) in [5.41, 5.74) is 2.84. The number of halogens is 1. The molecule has 1 saturated carbocycles. The topological polar surface area (TPSA) is 36.9 Å². The second-order valence-corrected chi connectivity index (χ2v) is 7.05. The van der Waals surface area contributed by atoms with Gasteiger partial charge in [-0.15, -0.1) is 24.0 Å². The van der Waals surface area contributed by atoms with Crippen molar-refractivity contribution in [1.29, 1.82) is 0 Å². The first-order chi connectivity index (χ1) is 12.3. The van der Waals surface area contributed by atoms with Gasteiger partial charge in [0.2, 0.25) is 0 Å². The maximum atomic E-state index is 5.69. The molecule has 4 nitrogen and oxygen atoms in total. The van der Waals surface area contributed by atoms with Crippen LogP contribution in [-0.4, -0.2) is 50.8 Å². The maximum Gasteiger partial charge on any atom is 0.193 e. The normalized spacial score (nSPS) is 17.7. The van der Waals surface area contributed by atoms with Crippen LogP contribution in [0, 0.1) is 5.92 Å². The van der Waals surface area contributed by atoms with E-state index in [1.807, 2.05) is 7.05 Å². The summed E-state index contributed by atoms with van der Waals surface area (Å²) in [4.78, 5) is 6.82. The Labute approximate surface area is 175 Å². The lowest BCUT2D eigenvalue weighted by Crippen LogP contribution is -2.44. The van der Waals surface area contributed by atoms with E-state index in [9.17, 15) is 0 Å². The minimum absolute atomic E-state index is 0. The molecule has 0 radical (unpaired) electrons. The predicted molar refractivity (Wildman–Crippen MR) is 120 cm³/mol. The minimum atomic E-state index is 0. The molecule has 0 aromatic heterocycles. The molecule has 1 aromatic carbocycles. The molecule has 0 amide bonds. The summed E-state index contributed by atoms with van der Waals surface area (Å²) in [5, 5.41) is 3.48. The number of nitrogens with one attached hydrogen (secondary N) is 1. The molecule has 1 N–H and O–H groups in total. The molecule has 144 valence electrons. The highest BCUT2D eigenvalue weighted by molar-refractivity contribution is 14.0. The highest BCUT2D eigenvalue weighted by Crippen LogP contribution is 2.28. The molecule has 0 atom stereocenters. The van der Waals surface area contributed by atoms with Gasteiger partial charge in [0.15, 0.2) is 5.96 Å². The largest absolute Gasteiger partial charge is 0.381 e. The number of piperidine rings is 1. The van der Waals surface area contributed by atoms with Gasteiger partial charge in [-0.3, -0.25) is 4.99 Å². The first-order valence-corrected chi connectivity index (χ1v) is 9.63. The van der Waals surface area contributed by atoms with Gasteiger partial charge in [0.1, 0.15) is 0 Å². The molecule has 0 bridgehead atoms. The Hall–Kier alpha value is -1.08. The van der Waals surface area contributed by atoms with Crippen molar-refractivity contribution in [3.8, 4) is 0 Å². The van der Waals surface area contributed by atoms with Crippen molar-refractivity contribution in [1.82, 2.24) is 10.2 Å². The molecule has 5 heteroatoms. The molecule has 1 aliphatic heterocycles. The van der Waals surface area contributed by atoms with Crippen LogP contribution in [0.3, 0.4) is 0 Å². The van der Waals surface area contributed by atoms with Crippen molar-refractivity contribution in [2.75, 3.05) is 39.9 Å². The number of rotatable bonds is 7. The van der Waals surface area contributed by atoms with Gasteiger partial charge in [-0.1, -0.05) is 42.0 Å². The van der Waals surface area contributed by atoms with Crippen LogP contribution in [-0.2, 0) is 4.74 Å². The fraction of sp³-hybridized carbons (Fsp3) is 0.571. The third-order valence-corrected chi connectivity index (χ3v) is 4.89. The molecule has 26 heavy (non-hydrogen) atoms. The van der Waals surface area contributed by atoms with Crippen LogP contribution >= 0.6 is 24.0 Å². The lowest BCUT2D eigenvalue weighted by atomic mass is 10.0. The summed E-state index contributed by atoms with van der Waals surface area (Å²) >= 11 is 0. The number of hydrogen-bond donors (Lipinski definition) is 1. The summed E-state index contributed by atoms with van der Waals surface area (Å²) < 4.78 is 5.69. The molecule has 1 heterocycles. The van der Waals surface area contributed by atoms with E-state index in [-0.39, 0.29) is 24.0 Å². The lowest BCUT2D eigenvalue weighted by Gasteiger charge is -2.31. The Morgan fingerprint density at radius 3 is 2.62 bits per heavy atom. The third kappa shape index (κ3) is 7.27. The van der Waals surface area contributed by atoms with Gasteiger partial charge in [0, 0.05) is 39.9 Å². The number of benzene rings is 1. The average molecular weight is 469 g/mol. The molecule has 2 fully saturated rings. The van der Waals surface area contributed by atoms with Gasteiger partial charge in [-0.05, 0) is 43.6 Å². The summed E-state index contributed by atoms with van der Waals surface area (Å²) in [5.74, 6) is 1.88. The predicted octanol–water partition coefficient (Wildman–Crippen LogP) is 4.18. The van der Waals surface area contributed by atoms with E-state index in [1.165, 1.54) is 24.0 Å². The van der Waals surface area contributed by atoms with Crippen molar-refractivity contribution >= 4 is 36.0 Å². The SMILES string of the molecule is CN=C(NCCCOCC1CC1)N1CCC(=Cc2ccccc2)CC1.I. The Kier molecular flexibility index (Phi) is 9.46. The van der Waals surface area contributed by atoms with E-state index in [1.54, 1.807) is 0 Å². The summed E-state index contributed by atoms with van der Waals surface area (Å²) in [6, 6.07) is 10.6. The number of ether oxygens (including phenoxy) is 1. The van der Waals surface area contributed by atoms with Gasteiger partial charge in [-0.2, -0.15) is 0 Å². The molecule has 3 rings (SSSR count). The standard InChI is InChI=1S/C21H31N3O.HI/c1-22-21(23-12-5-15-25-17-20-8-9-20)24-13-10-19(11-14-24)16-18-6-3-2-4-7-18;/h2-4,6-7,16,20H,5,8-15,17H2,1H3,(H,22,23);1H. The van der Waals surface area contributed by atoms with Crippen LogP contribution in [0.5, 0.6) is 0 Å². The van der Waals surface area contributed by atoms with Crippen molar-refractivity contribution in [2.45, 2.75) is 32.1 Å². The fourth-order valence-corrected chi connectivity index (χ4v) is 3.18. The second-order valence-electron chi connectivity index (χ2n) is 7.05. The van der Waals surface area contributed by atoms with Gasteiger partial charge >= 0.3 is 0 Å². The summed E-state index contributed by atoms with van der Waals surface area (Å²) in [6.45, 7) is 4.81. The molecule has 2 aliphatic rings. The monoisotopic (exact) mass is 469 g/mol. The molecule has 1 saturated heterocycles. The highest BCUT2D eigenvalue weighted by atomic mass is 127. The van der Waals surface area contributed by atoms with Crippen molar-refractivity contribution in [3.63, 3.8) is 0 Å². The molecular weight excluding hydrogens is 437 g/mol. The fourth-order valence-electron chi connectivity index (χ4n) is 3.18. The van der Waals surface area contributed by atoms with E-state index in [0.717, 1.165) is 64.0 Å². The van der Waals surface area contributed by atoms with Crippen LogP contribution in [0.4, 0.5) is 0 Å². The average Bonchev–Trinajstić information content (AvgIpc) is 3.47. The quantitative estimate of drug-likeness (QED) is 0.282. The Morgan fingerprint density at radius 1 is 1.23 bits per heavy atom. The first-order valence-electron chi connectivity index (χ1n) is 9.63. The third-order valence-electron chi connectivity index (χ3n) is 4.89. The minimum Gasteiger partial charge on any atom is -0.381 e. The van der Waals surface area contributed by atoms with E-state index >= 15 is 0 Å². The van der Waals surface area contributed by atoms with Crippen LogP contribution < -0.4 is 5.32 Å².